The van der Waals surface area contributed by atoms with E-state index in [1.807, 2.05) is 24.3 Å². The molecule has 0 aliphatic carbocycles. The van der Waals surface area contributed by atoms with E-state index in [1.165, 1.54) is 13.2 Å². The molecule has 0 fully saturated rings. The molecule has 0 aliphatic rings. The Kier molecular flexibility index (Phi) is 3.71. The molecule has 0 bridgehead atoms. The first-order valence-corrected chi connectivity index (χ1v) is 5.71. The van der Waals surface area contributed by atoms with Crippen LogP contribution < -0.4 is 9.47 Å². The van der Waals surface area contributed by atoms with Gasteiger partial charge in [-0.05, 0) is 35.9 Å². The largest absolute Gasteiger partial charge is 0.497 e. The first-order chi connectivity index (χ1) is 9.15. The number of aromatic carboxylic acids is 1. The summed E-state index contributed by atoms with van der Waals surface area (Å²) in [5.74, 6) is 0.328. The SMILES string of the molecule is COc1ccc(-c2ccc(C(=O)O)cc2OC)cc1. The van der Waals surface area contributed by atoms with Gasteiger partial charge in [0.1, 0.15) is 11.5 Å². The van der Waals surface area contributed by atoms with Gasteiger partial charge in [0.15, 0.2) is 0 Å². The smallest absolute Gasteiger partial charge is 0.335 e. The molecule has 2 aromatic rings. The number of hydrogen-bond donors (Lipinski definition) is 1. The Bertz CT molecular complexity index is 588. The highest BCUT2D eigenvalue weighted by Crippen LogP contribution is 2.31. The van der Waals surface area contributed by atoms with Crippen molar-refractivity contribution in [3.63, 3.8) is 0 Å². The van der Waals surface area contributed by atoms with Crippen LogP contribution in [0.15, 0.2) is 42.5 Å². The van der Waals surface area contributed by atoms with Gasteiger partial charge in [-0.2, -0.15) is 0 Å². The molecule has 2 aromatic carbocycles. The van der Waals surface area contributed by atoms with Gasteiger partial charge in [0.25, 0.3) is 0 Å². The Morgan fingerprint density at radius 2 is 1.68 bits per heavy atom. The fourth-order valence-electron chi connectivity index (χ4n) is 1.83. The number of ether oxygens (including phenoxy) is 2. The Balaban J connectivity index is 2.45. The van der Waals surface area contributed by atoms with Crippen LogP contribution in [0.5, 0.6) is 11.5 Å². The summed E-state index contributed by atoms with van der Waals surface area (Å²) in [4.78, 5) is 10.9. The van der Waals surface area contributed by atoms with Crippen molar-refractivity contribution in [1.82, 2.24) is 0 Å². The molecular formula is C15H14O4. The molecule has 0 radical (unpaired) electrons. The lowest BCUT2D eigenvalue weighted by Gasteiger charge is -2.10. The Hall–Kier alpha value is -2.49. The number of rotatable bonds is 4. The number of hydrogen-bond acceptors (Lipinski definition) is 3. The predicted octanol–water partition coefficient (Wildman–Crippen LogP) is 3.07. The van der Waals surface area contributed by atoms with Crippen LogP contribution in [0, 0.1) is 0 Å². The van der Waals surface area contributed by atoms with Crippen LogP contribution in [0.25, 0.3) is 11.1 Å². The number of benzene rings is 2. The molecule has 0 aliphatic heterocycles. The van der Waals surface area contributed by atoms with Crippen LogP contribution in [-0.2, 0) is 0 Å². The molecule has 0 saturated heterocycles. The zero-order chi connectivity index (χ0) is 13.8. The highest BCUT2D eigenvalue weighted by atomic mass is 16.5. The van der Waals surface area contributed by atoms with E-state index in [9.17, 15) is 4.79 Å². The molecule has 4 nitrogen and oxygen atoms in total. The molecule has 2 rings (SSSR count). The van der Waals surface area contributed by atoms with Crippen LogP contribution in [0.2, 0.25) is 0 Å². The van der Waals surface area contributed by atoms with Crippen molar-refractivity contribution >= 4 is 5.97 Å². The first kappa shape index (κ1) is 13.0. The van der Waals surface area contributed by atoms with Gasteiger partial charge in [0, 0.05) is 5.56 Å². The molecule has 0 atom stereocenters. The van der Waals surface area contributed by atoms with E-state index >= 15 is 0 Å². The van der Waals surface area contributed by atoms with E-state index in [0.717, 1.165) is 16.9 Å². The maximum absolute atomic E-state index is 10.9. The van der Waals surface area contributed by atoms with Crippen LogP contribution >= 0.6 is 0 Å². The number of carbonyl (C=O) groups is 1. The van der Waals surface area contributed by atoms with Gasteiger partial charge < -0.3 is 14.6 Å². The van der Waals surface area contributed by atoms with Crippen molar-refractivity contribution < 1.29 is 19.4 Å². The molecule has 0 spiro atoms. The van der Waals surface area contributed by atoms with E-state index in [0.29, 0.717) is 5.75 Å². The molecule has 0 amide bonds. The van der Waals surface area contributed by atoms with Crippen molar-refractivity contribution in [2.45, 2.75) is 0 Å². The molecule has 19 heavy (non-hydrogen) atoms. The average Bonchev–Trinajstić information content (AvgIpc) is 2.46. The van der Waals surface area contributed by atoms with Crippen molar-refractivity contribution in [3.05, 3.63) is 48.0 Å². The fourth-order valence-corrected chi connectivity index (χ4v) is 1.83. The summed E-state index contributed by atoms with van der Waals surface area (Å²) in [5, 5.41) is 8.96. The summed E-state index contributed by atoms with van der Waals surface area (Å²) >= 11 is 0. The van der Waals surface area contributed by atoms with Gasteiger partial charge in [-0.3, -0.25) is 0 Å². The van der Waals surface area contributed by atoms with E-state index in [4.69, 9.17) is 14.6 Å². The van der Waals surface area contributed by atoms with Crippen LogP contribution in [0.3, 0.4) is 0 Å². The minimum Gasteiger partial charge on any atom is -0.497 e. The molecule has 0 unspecified atom stereocenters. The minimum absolute atomic E-state index is 0.203. The molecule has 98 valence electrons. The second-order valence-electron chi connectivity index (χ2n) is 3.95. The molecular weight excluding hydrogens is 244 g/mol. The summed E-state index contributed by atoms with van der Waals surface area (Å²) < 4.78 is 10.4. The average molecular weight is 258 g/mol. The molecule has 1 N–H and O–H groups in total. The summed E-state index contributed by atoms with van der Waals surface area (Å²) in [6.07, 6.45) is 0. The number of carboxylic acid groups (broad SMARTS) is 1. The van der Waals surface area contributed by atoms with Gasteiger partial charge in [-0.25, -0.2) is 4.79 Å². The monoisotopic (exact) mass is 258 g/mol. The van der Waals surface area contributed by atoms with Gasteiger partial charge in [-0.15, -0.1) is 0 Å². The lowest BCUT2D eigenvalue weighted by Crippen LogP contribution is -1.98. The van der Waals surface area contributed by atoms with E-state index in [1.54, 1.807) is 19.2 Å². The Labute approximate surface area is 111 Å². The van der Waals surface area contributed by atoms with Gasteiger partial charge in [-0.1, -0.05) is 12.1 Å². The predicted molar refractivity (Wildman–Crippen MR) is 71.9 cm³/mol. The molecule has 0 aromatic heterocycles. The van der Waals surface area contributed by atoms with E-state index < -0.39 is 5.97 Å². The second-order valence-corrected chi connectivity index (χ2v) is 3.95. The van der Waals surface area contributed by atoms with Crippen LogP contribution in [0.4, 0.5) is 0 Å². The third-order valence-electron chi connectivity index (χ3n) is 2.85. The molecule has 4 heteroatoms. The zero-order valence-corrected chi connectivity index (χ0v) is 10.7. The van der Waals surface area contributed by atoms with Crippen molar-refractivity contribution in [2.24, 2.45) is 0 Å². The maximum Gasteiger partial charge on any atom is 0.335 e. The first-order valence-electron chi connectivity index (χ1n) is 5.71. The Morgan fingerprint density at radius 1 is 1.00 bits per heavy atom. The summed E-state index contributed by atoms with van der Waals surface area (Å²) in [7, 11) is 3.13. The standard InChI is InChI=1S/C15H14O4/c1-18-12-6-3-10(4-7-12)13-8-5-11(15(16)17)9-14(13)19-2/h3-9H,1-2H3,(H,16,17). The summed E-state index contributed by atoms with van der Waals surface area (Å²) in [5.41, 5.74) is 1.99. The van der Waals surface area contributed by atoms with Gasteiger partial charge in [0.05, 0.1) is 19.8 Å². The van der Waals surface area contributed by atoms with Crippen LogP contribution in [0.1, 0.15) is 10.4 Å². The zero-order valence-electron chi connectivity index (χ0n) is 10.7. The summed E-state index contributed by atoms with van der Waals surface area (Å²) in [6, 6.07) is 12.3. The third kappa shape index (κ3) is 2.68. The van der Waals surface area contributed by atoms with E-state index in [-0.39, 0.29) is 5.56 Å². The van der Waals surface area contributed by atoms with Crippen LogP contribution in [-0.4, -0.2) is 25.3 Å². The fraction of sp³-hybridized carbons (Fsp3) is 0.133. The second kappa shape index (κ2) is 5.44. The van der Waals surface area contributed by atoms with Crippen molar-refractivity contribution in [1.29, 1.82) is 0 Å². The molecule has 0 heterocycles. The van der Waals surface area contributed by atoms with E-state index in [2.05, 4.69) is 0 Å². The Morgan fingerprint density at radius 3 is 2.21 bits per heavy atom. The molecule has 0 saturated carbocycles. The third-order valence-corrected chi connectivity index (χ3v) is 2.85. The number of carboxylic acids is 1. The lowest BCUT2D eigenvalue weighted by molar-refractivity contribution is 0.0696. The maximum atomic E-state index is 10.9. The lowest BCUT2D eigenvalue weighted by atomic mass is 10.0. The highest BCUT2D eigenvalue weighted by Gasteiger charge is 2.10. The van der Waals surface area contributed by atoms with Gasteiger partial charge >= 0.3 is 5.97 Å². The number of methoxy groups -OCH3 is 2. The van der Waals surface area contributed by atoms with Crippen molar-refractivity contribution in [3.8, 4) is 22.6 Å². The normalized spacial score (nSPS) is 10.0. The van der Waals surface area contributed by atoms with Gasteiger partial charge in [0.2, 0.25) is 0 Å². The van der Waals surface area contributed by atoms with Crippen molar-refractivity contribution in [2.75, 3.05) is 14.2 Å². The highest BCUT2D eigenvalue weighted by molar-refractivity contribution is 5.89. The summed E-state index contributed by atoms with van der Waals surface area (Å²) in [6.45, 7) is 0. The quantitative estimate of drug-likeness (QED) is 0.915. The minimum atomic E-state index is -0.973. The topological polar surface area (TPSA) is 55.8 Å².